The van der Waals surface area contributed by atoms with Crippen molar-refractivity contribution in [2.45, 2.75) is 38.8 Å². The minimum absolute atomic E-state index is 0.0880. The van der Waals surface area contributed by atoms with Gasteiger partial charge < -0.3 is 5.11 Å². The second kappa shape index (κ2) is 3.15. The van der Waals surface area contributed by atoms with Crippen LogP contribution in [0.2, 0.25) is 0 Å². The largest absolute Gasteiger partial charge is 0.392 e. The molecule has 10 heavy (non-hydrogen) atoms. The fourth-order valence-electron chi connectivity index (χ4n) is 1.23. The summed E-state index contributed by atoms with van der Waals surface area (Å²) in [7, 11) is 0. The Hall–Kier alpha value is -0.370. The summed E-state index contributed by atoms with van der Waals surface area (Å²) in [5.41, 5.74) is 0. The van der Waals surface area contributed by atoms with E-state index in [1.165, 1.54) is 0 Å². The van der Waals surface area contributed by atoms with Crippen LogP contribution >= 0.6 is 0 Å². The maximum absolute atomic E-state index is 9.15. The van der Waals surface area contributed by atoms with Crippen LogP contribution in [0.25, 0.3) is 0 Å². The average Bonchev–Trinajstić information content (AvgIpc) is 1.88. The van der Waals surface area contributed by atoms with Gasteiger partial charge in [0.2, 0.25) is 0 Å². The number of hydrogen-bond acceptors (Lipinski definition) is 1. The van der Waals surface area contributed by atoms with Crippen molar-refractivity contribution in [2.24, 2.45) is 0 Å². The van der Waals surface area contributed by atoms with Gasteiger partial charge in [0, 0.05) is 6.42 Å². The molecule has 0 saturated heterocycles. The van der Waals surface area contributed by atoms with Gasteiger partial charge in [0.15, 0.2) is 0 Å². The molecule has 0 aromatic carbocycles. The zero-order valence-corrected chi connectivity index (χ0v) is 6.75. The summed E-state index contributed by atoms with van der Waals surface area (Å²) in [5, 5.41) is 9.15. The minimum atomic E-state index is -0.0880. The van der Waals surface area contributed by atoms with E-state index in [0.29, 0.717) is 6.04 Å². The number of rotatable bonds is 1. The summed E-state index contributed by atoms with van der Waals surface area (Å²) < 4.78 is 2.28. The maximum Gasteiger partial charge on any atom is 0.146 e. The van der Waals surface area contributed by atoms with E-state index in [-0.39, 0.29) is 6.10 Å². The topological polar surface area (TPSA) is 23.2 Å². The molecule has 0 radical (unpaired) electrons. The van der Waals surface area contributed by atoms with Crippen LogP contribution in [0.5, 0.6) is 0 Å². The smallest absolute Gasteiger partial charge is 0.146 e. The third kappa shape index (κ3) is 1.81. The molecule has 1 rings (SSSR count). The Kier molecular flexibility index (Phi) is 2.44. The van der Waals surface area contributed by atoms with Gasteiger partial charge in [0.25, 0.3) is 0 Å². The molecule has 1 unspecified atom stereocenters. The molecule has 1 atom stereocenters. The zero-order chi connectivity index (χ0) is 7.56. The Labute approximate surface area is 62.2 Å². The SMILES string of the molecule is CC(C)[N+]1=CCC(O)CC1. The molecule has 0 aliphatic carbocycles. The number of aliphatic hydroxyl groups is 1. The van der Waals surface area contributed by atoms with Crippen LogP contribution in [-0.2, 0) is 0 Å². The monoisotopic (exact) mass is 142 g/mol. The highest BCUT2D eigenvalue weighted by Crippen LogP contribution is 2.04. The van der Waals surface area contributed by atoms with Crippen molar-refractivity contribution in [1.29, 1.82) is 0 Å². The van der Waals surface area contributed by atoms with Crippen molar-refractivity contribution < 1.29 is 9.68 Å². The molecule has 0 saturated carbocycles. The average molecular weight is 142 g/mol. The Bertz CT molecular complexity index is 140. The third-order valence-electron chi connectivity index (χ3n) is 2.00. The van der Waals surface area contributed by atoms with Crippen LogP contribution in [-0.4, -0.2) is 34.6 Å². The van der Waals surface area contributed by atoms with E-state index < -0.39 is 0 Å². The third-order valence-corrected chi connectivity index (χ3v) is 2.00. The first kappa shape index (κ1) is 7.73. The lowest BCUT2D eigenvalue weighted by Crippen LogP contribution is -2.31. The maximum atomic E-state index is 9.15. The lowest BCUT2D eigenvalue weighted by atomic mass is 10.1. The normalized spacial score (nSPS) is 26.8. The molecule has 1 heterocycles. The van der Waals surface area contributed by atoms with Gasteiger partial charge in [-0.15, -0.1) is 0 Å². The van der Waals surface area contributed by atoms with Gasteiger partial charge in [-0.25, -0.2) is 4.58 Å². The first-order valence-corrected chi connectivity index (χ1v) is 3.97. The van der Waals surface area contributed by atoms with Crippen LogP contribution in [0.1, 0.15) is 26.7 Å². The van der Waals surface area contributed by atoms with Gasteiger partial charge >= 0.3 is 0 Å². The second-order valence-corrected chi connectivity index (χ2v) is 3.19. The highest BCUT2D eigenvalue weighted by Gasteiger charge is 2.18. The van der Waals surface area contributed by atoms with E-state index in [0.717, 1.165) is 19.4 Å². The molecule has 2 nitrogen and oxygen atoms in total. The summed E-state index contributed by atoms with van der Waals surface area (Å²) in [4.78, 5) is 0. The Morgan fingerprint density at radius 1 is 1.60 bits per heavy atom. The van der Waals surface area contributed by atoms with Crippen LogP contribution in [0.4, 0.5) is 0 Å². The van der Waals surface area contributed by atoms with E-state index in [1.807, 2.05) is 0 Å². The quantitative estimate of drug-likeness (QED) is 0.533. The lowest BCUT2D eigenvalue weighted by molar-refractivity contribution is -0.560. The van der Waals surface area contributed by atoms with E-state index in [9.17, 15) is 0 Å². The molecule has 0 amide bonds. The van der Waals surface area contributed by atoms with Gasteiger partial charge in [0.1, 0.15) is 18.8 Å². The molecule has 2 heteroatoms. The van der Waals surface area contributed by atoms with Crippen molar-refractivity contribution in [3.63, 3.8) is 0 Å². The first-order valence-electron chi connectivity index (χ1n) is 3.97. The molecule has 0 fully saturated rings. The Morgan fingerprint density at radius 2 is 2.30 bits per heavy atom. The fourth-order valence-corrected chi connectivity index (χ4v) is 1.23. The van der Waals surface area contributed by atoms with Crippen molar-refractivity contribution in [3.05, 3.63) is 0 Å². The summed E-state index contributed by atoms with van der Waals surface area (Å²) in [6.45, 7) is 5.36. The molecule has 1 aliphatic heterocycles. The molecule has 0 aromatic rings. The molecule has 0 aromatic heterocycles. The first-order chi connectivity index (χ1) is 4.70. The van der Waals surface area contributed by atoms with E-state index in [1.54, 1.807) is 0 Å². The Morgan fingerprint density at radius 3 is 2.70 bits per heavy atom. The van der Waals surface area contributed by atoms with Gasteiger partial charge in [-0.2, -0.15) is 0 Å². The lowest BCUT2D eigenvalue weighted by Gasteiger charge is -2.15. The van der Waals surface area contributed by atoms with Crippen LogP contribution in [0.15, 0.2) is 0 Å². The van der Waals surface area contributed by atoms with E-state index in [4.69, 9.17) is 5.11 Å². The highest BCUT2D eigenvalue weighted by molar-refractivity contribution is 5.52. The van der Waals surface area contributed by atoms with Crippen LogP contribution in [0, 0.1) is 0 Å². The summed E-state index contributed by atoms with van der Waals surface area (Å²) >= 11 is 0. The zero-order valence-electron chi connectivity index (χ0n) is 6.75. The summed E-state index contributed by atoms with van der Waals surface area (Å²) in [6, 6.07) is 0.590. The standard InChI is InChI=1S/C8H16NO/c1-7(2)9-5-3-8(10)4-6-9/h5,7-8,10H,3-4,6H2,1-2H3/q+1. The molecule has 1 N–H and O–H groups in total. The van der Waals surface area contributed by atoms with E-state index >= 15 is 0 Å². The fraction of sp³-hybridized carbons (Fsp3) is 0.875. The number of hydrogen-bond donors (Lipinski definition) is 1. The van der Waals surface area contributed by atoms with Crippen LogP contribution in [0.3, 0.4) is 0 Å². The predicted octanol–water partition coefficient (Wildman–Crippen LogP) is 0.633. The molecule has 0 spiro atoms. The molecular formula is C8H16NO+. The van der Waals surface area contributed by atoms with E-state index in [2.05, 4.69) is 24.6 Å². The minimum Gasteiger partial charge on any atom is -0.392 e. The van der Waals surface area contributed by atoms with Crippen molar-refractivity contribution in [3.8, 4) is 0 Å². The molecular weight excluding hydrogens is 126 g/mol. The molecule has 0 bridgehead atoms. The second-order valence-electron chi connectivity index (χ2n) is 3.19. The van der Waals surface area contributed by atoms with Gasteiger partial charge in [-0.1, -0.05) is 0 Å². The highest BCUT2D eigenvalue weighted by atomic mass is 16.3. The van der Waals surface area contributed by atoms with Gasteiger partial charge in [-0.3, -0.25) is 0 Å². The number of aliphatic hydroxyl groups excluding tert-OH is 1. The summed E-state index contributed by atoms with van der Waals surface area (Å²) in [5.74, 6) is 0. The van der Waals surface area contributed by atoms with Crippen molar-refractivity contribution in [1.82, 2.24) is 0 Å². The van der Waals surface area contributed by atoms with Crippen molar-refractivity contribution in [2.75, 3.05) is 6.54 Å². The van der Waals surface area contributed by atoms with Gasteiger partial charge in [-0.05, 0) is 13.8 Å². The van der Waals surface area contributed by atoms with Gasteiger partial charge in [0.05, 0.1) is 12.5 Å². The molecule has 58 valence electrons. The molecule has 1 aliphatic rings. The predicted molar refractivity (Wildman–Crippen MR) is 41.6 cm³/mol. The van der Waals surface area contributed by atoms with Crippen molar-refractivity contribution >= 4 is 6.21 Å². The van der Waals surface area contributed by atoms with Crippen LogP contribution < -0.4 is 0 Å². The summed E-state index contributed by atoms with van der Waals surface area (Å²) in [6.07, 6.45) is 3.78. The Balaban J connectivity index is 2.48. The number of nitrogens with zero attached hydrogens (tertiary/aromatic N) is 1.